The average Bonchev–Trinajstić information content (AvgIpc) is 3.46. The molecule has 4 atom stereocenters. The average molecular weight is 460 g/mol. The van der Waals surface area contributed by atoms with E-state index in [0.29, 0.717) is 36.5 Å². The van der Waals surface area contributed by atoms with Crippen molar-refractivity contribution in [2.24, 2.45) is 5.92 Å². The van der Waals surface area contributed by atoms with Crippen LogP contribution in [-0.4, -0.2) is 62.0 Å². The van der Waals surface area contributed by atoms with Gasteiger partial charge < -0.3 is 20.6 Å². The summed E-state index contributed by atoms with van der Waals surface area (Å²) in [5, 5.41) is 20.3. The Morgan fingerprint density at radius 1 is 1.25 bits per heavy atom. The van der Waals surface area contributed by atoms with E-state index in [0.717, 1.165) is 17.1 Å². The monoisotopic (exact) mass is 459 g/mol. The standard InChI is InChI=1S/C22H29N5O4S/c1-4-13(2)19(29)23-17(14(3)28)22(31)27-12-8-11-16(27)20(30)24-21-18(25-26-32-21)15-9-6-5-7-10-15/h5-7,9-10,13-14,16-17,28H,4,8,11-12H2,1-3H3,(H,23,29)(H,24,30)/t13-,14+,16+,17+/m1/s1. The molecule has 0 bridgehead atoms. The molecule has 1 aliphatic rings. The Hall–Kier alpha value is -2.85. The van der Waals surface area contributed by atoms with Crippen LogP contribution < -0.4 is 10.6 Å². The minimum Gasteiger partial charge on any atom is -0.391 e. The third-order valence-electron chi connectivity index (χ3n) is 5.72. The molecule has 172 valence electrons. The molecule has 9 nitrogen and oxygen atoms in total. The Balaban J connectivity index is 1.73. The molecule has 1 saturated heterocycles. The summed E-state index contributed by atoms with van der Waals surface area (Å²) in [6.07, 6.45) is 0.682. The van der Waals surface area contributed by atoms with Crippen LogP contribution in [0, 0.1) is 5.92 Å². The second-order valence-electron chi connectivity index (χ2n) is 8.03. The van der Waals surface area contributed by atoms with E-state index in [9.17, 15) is 19.5 Å². The number of amides is 3. The summed E-state index contributed by atoms with van der Waals surface area (Å²) >= 11 is 1.07. The Kier molecular flexibility index (Phi) is 7.92. The lowest BCUT2D eigenvalue weighted by molar-refractivity contribution is -0.143. The van der Waals surface area contributed by atoms with Crippen LogP contribution >= 0.6 is 11.5 Å². The molecule has 1 aliphatic heterocycles. The predicted octanol–water partition coefficient (Wildman–Crippen LogP) is 2.05. The van der Waals surface area contributed by atoms with Gasteiger partial charge in [-0.05, 0) is 26.2 Å². The largest absolute Gasteiger partial charge is 0.391 e. The number of rotatable bonds is 8. The molecule has 0 aliphatic carbocycles. The van der Waals surface area contributed by atoms with Crippen molar-refractivity contribution < 1.29 is 19.5 Å². The number of anilines is 1. The number of nitrogens with zero attached hydrogens (tertiary/aromatic N) is 3. The van der Waals surface area contributed by atoms with Crippen LogP contribution in [0.1, 0.15) is 40.0 Å². The topological polar surface area (TPSA) is 125 Å². The van der Waals surface area contributed by atoms with E-state index in [-0.39, 0.29) is 17.7 Å². The summed E-state index contributed by atoms with van der Waals surface area (Å²) in [5.41, 5.74) is 1.40. The van der Waals surface area contributed by atoms with E-state index in [1.54, 1.807) is 6.92 Å². The summed E-state index contributed by atoms with van der Waals surface area (Å²) in [7, 11) is 0. The van der Waals surface area contributed by atoms with Gasteiger partial charge in [-0.1, -0.05) is 48.7 Å². The second kappa shape index (κ2) is 10.6. The smallest absolute Gasteiger partial charge is 0.248 e. The van der Waals surface area contributed by atoms with Crippen molar-refractivity contribution >= 4 is 34.3 Å². The van der Waals surface area contributed by atoms with Gasteiger partial charge in [-0.25, -0.2) is 0 Å². The molecule has 2 heterocycles. The van der Waals surface area contributed by atoms with Crippen molar-refractivity contribution in [2.75, 3.05) is 11.9 Å². The summed E-state index contributed by atoms with van der Waals surface area (Å²) in [5.74, 6) is -1.37. The fourth-order valence-electron chi connectivity index (χ4n) is 3.60. The van der Waals surface area contributed by atoms with E-state index >= 15 is 0 Å². The number of hydrogen-bond donors (Lipinski definition) is 3. The van der Waals surface area contributed by atoms with Gasteiger partial charge in [0.15, 0.2) is 0 Å². The van der Waals surface area contributed by atoms with E-state index < -0.39 is 24.1 Å². The fraction of sp³-hybridized carbons (Fsp3) is 0.500. The molecule has 3 N–H and O–H groups in total. The highest BCUT2D eigenvalue weighted by Gasteiger charge is 2.39. The zero-order valence-electron chi connectivity index (χ0n) is 18.4. The number of carbonyl (C=O) groups excluding carboxylic acids is 3. The molecule has 1 aromatic heterocycles. The highest BCUT2D eigenvalue weighted by Crippen LogP contribution is 2.30. The molecular formula is C22H29N5O4S. The minimum atomic E-state index is -1.10. The van der Waals surface area contributed by atoms with Crippen molar-refractivity contribution in [3.05, 3.63) is 30.3 Å². The first kappa shape index (κ1) is 23.8. The van der Waals surface area contributed by atoms with Gasteiger partial charge in [-0.15, -0.1) is 5.10 Å². The maximum Gasteiger partial charge on any atom is 0.248 e. The summed E-state index contributed by atoms with van der Waals surface area (Å²) in [6, 6.07) is 7.60. The lowest BCUT2D eigenvalue weighted by Gasteiger charge is -2.30. The van der Waals surface area contributed by atoms with Gasteiger partial charge in [0, 0.05) is 29.6 Å². The van der Waals surface area contributed by atoms with E-state index in [1.165, 1.54) is 11.8 Å². The molecule has 3 rings (SSSR count). The van der Waals surface area contributed by atoms with Crippen LogP contribution in [0.15, 0.2) is 30.3 Å². The quantitative estimate of drug-likeness (QED) is 0.555. The molecule has 32 heavy (non-hydrogen) atoms. The normalized spacial score (nSPS) is 18.6. The van der Waals surface area contributed by atoms with Crippen molar-refractivity contribution in [3.8, 4) is 11.3 Å². The van der Waals surface area contributed by atoms with E-state index in [1.807, 2.05) is 37.3 Å². The van der Waals surface area contributed by atoms with Crippen LogP contribution in [0.25, 0.3) is 11.3 Å². The Bertz CT molecular complexity index is 949. The lowest BCUT2D eigenvalue weighted by Crippen LogP contribution is -2.57. The van der Waals surface area contributed by atoms with Gasteiger partial charge in [-0.2, -0.15) is 0 Å². The highest BCUT2D eigenvalue weighted by molar-refractivity contribution is 7.10. The number of carbonyl (C=O) groups is 3. The second-order valence-corrected chi connectivity index (χ2v) is 8.79. The maximum atomic E-state index is 13.2. The molecule has 1 fully saturated rings. The van der Waals surface area contributed by atoms with Crippen molar-refractivity contribution in [3.63, 3.8) is 0 Å². The molecule has 1 aromatic carbocycles. The first-order valence-corrected chi connectivity index (χ1v) is 11.6. The van der Waals surface area contributed by atoms with Crippen molar-refractivity contribution in [1.29, 1.82) is 0 Å². The van der Waals surface area contributed by atoms with Crippen molar-refractivity contribution in [2.45, 2.75) is 58.2 Å². The van der Waals surface area contributed by atoms with Gasteiger partial charge >= 0.3 is 0 Å². The number of benzene rings is 1. The molecule has 3 amide bonds. The number of aromatic nitrogens is 2. The van der Waals surface area contributed by atoms with Gasteiger partial charge in [-0.3, -0.25) is 14.4 Å². The van der Waals surface area contributed by atoms with E-state index in [2.05, 4.69) is 20.2 Å². The molecule has 0 unspecified atom stereocenters. The van der Waals surface area contributed by atoms with Gasteiger partial charge in [0.1, 0.15) is 22.8 Å². The number of likely N-dealkylation sites (tertiary alicyclic amines) is 1. The third-order valence-corrected chi connectivity index (χ3v) is 6.36. The van der Waals surface area contributed by atoms with Crippen molar-refractivity contribution in [1.82, 2.24) is 19.8 Å². The van der Waals surface area contributed by atoms with Crippen LogP contribution in [0.3, 0.4) is 0 Å². The Labute approximate surface area is 191 Å². The van der Waals surface area contributed by atoms with Crippen LogP contribution in [0.4, 0.5) is 5.00 Å². The van der Waals surface area contributed by atoms with Gasteiger partial charge in [0.05, 0.1) is 6.10 Å². The lowest BCUT2D eigenvalue weighted by atomic mass is 10.1. The van der Waals surface area contributed by atoms with Crippen LogP contribution in [0.5, 0.6) is 0 Å². The highest BCUT2D eigenvalue weighted by atomic mass is 32.1. The third kappa shape index (κ3) is 5.31. The van der Waals surface area contributed by atoms with Gasteiger partial charge in [0.25, 0.3) is 0 Å². The summed E-state index contributed by atoms with van der Waals surface area (Å²) in [6.45, 7) is 5.48. The molecule has 10 heteroatoms. The molecule has 0 spiro atoms. The number of nitrogens with one attached hydrogen (secondary N) is 2. The summed E-state index contributed by atoms with van der Waals surface area (Å²) < 4.78 is 3.96. The SMILES string of the molecule is CC[C@@H](C)C(=O)N[C@H](C(=O)N1CCC[C@H]1C(=O)Nc1snnc1-c1ccccc1)[C@H](C)O. The number of hydrogen-bond acceptors (Lipinski definition) is 7. The first-order chi connectivity index (χ1) is 15.3. The molecule has 2 aromatic rings. The molecule has 0 saturated carbocycles. The van der Waals surface area contributed by atoms with Crippen LogP contribution in [-0.2, 0) is 14.4 Å². The predicted molar refractivity (Wildman–Crippen MR) is 122 cm³/mol. The number of aliphatic hydroxyl groups excluding tert-OH is 1. The zero-order valence-corrected chi connectivity index (χ0v) is 19.3. The number of aliphatic hydroxyl groups is 1. The summed E-state index contributed by atoms with van der Waals surface area (Å²) in [4.78, 5) is 40.0. The zero-order chi connectivity index (χ0) is 23.3. The minimum absolute atomic E-state index is 0.281. The maximum absolute atomic E-state index is 13.2. The fourth-order valence-corrected chi connectivity index (χ4v) is 4.20. The van der Waals surface area contributed by atoms with Crippen LogP contribution in [0.2, 0.25) is 0 Å². The first-order valence-electron chi connectivity index (χ1n) is 10.8. The molecular weight excluding hydrogens is 430 g/mol. The Morgan fingerprint density at radius 3 is 2.62 bits per heavy atom. The Morgan fingerprint density at radius 2 is 1.97 bits per heavy atom. The van der Waals surface area contributed by atoms with E-state index in [4.69, 9.17) is 0 Å². The molecule has 0 radical (unpaired) electrons. The van der Waals surface area contributed by atoms with Gasteiger partial charge in [0.2, 0.25) is 17.7 Å².